The number of aryl methyl sites for hydroxylation is 4. The molecule has 0 bridgehead atoms. The molecule has 35 heavy (non-hydrogen) atoms. The molecule has 7 heteroatoms. The molecular weight excluding hydrogens is 460 g/mol. The van der Waals surface area contributed by atoms with Crippen molar-refractivity contribution in [1.29, 1.82) is 0 Å². The van der Waals surface area contributed by atoms with Crippen molar-refractivity contribution in [2.24, 2.45) is 0 Å². The molecule has 0 atom stereocenters. The van der Waals surface area contributed by atoms with Crippen LogP contribution in [0.4, 0.5) is 11.4 Å². The summed E-state index contributed by atoms with van der Waals surface area (Å²) in [5.74, 6) is 0.00273. The highest BCUT2D eigenvalue weighted by molar-refractivity contribution is 7.93. The topological polar surface area (TPSA) is 75.7 Å². The minimum absolute atomic E-state index is 0.0192. The number of sulfonamides is 1. The Balaban J connectivity index is 2.09. The maximum atomic E-state index is 14.0. The quantitative estimate of drug-likeness (QED) is 0.424. The zero-order chi connectivity index (χ0) is 25.9. The van der Waals surface area contributed by atoms with Gasteiger partial charge >= 0.3 is 0 Å². The third-order valence-corrected chi connectivity index (χ3v) is 7.66. The largest absolute Gasteiger partial charge is 0.495 e. The van der Waals surface area contributed by atoms with E-state index in [1.807, 2.05) is 52.0 Å². The van der Waals surface area contributed by atoms with Gasteiger partial charge in [0.25, 0.3) is 10.0 Å². The molecule has 0 radical (unpaired) electrons. The summed E-state index contributed by atoms with van der Waals surface area (Å²) >= 11 is 0. The Kier molecular flexibility index (Phi) is 7.90. The summed E-state index contributed by atoms with van der Waals surface area (Å²) in [5, 5.41) is 2.98. The lowest BCUT2D eigenvalue weighted by Gasteiger charge is -2.26. The van der Waals surface area contributed by atoms with E-state index in [1.54, 1.807) is 30.3 Å². The monoisotopic (exact) mass is 494 g/mol. The molecule has 3 rings (SSSR count). The van der Waals surface area contributed by atoms with E-state index in [4.69, 9.17) is 4.74 Å². The fourth-order valence-electron chi connectivity index (χ4n) is 4.17. The molecule has 0 spiro atoms. The summed E-state index contributed by atoms with van der Waals surface area (Å²) in [5.41, 5.74) is 5.64. The summed E-state index contributed by atoms with van der Waals surface area (Å²) in [6.45, 7) is 11.3. The molecule has 3 aromatic rings. The second-order valence-electron chi connectivity index (χ2n) is 9.25. The van der Waals surface area contributed by atoms with Crippen LogP contribution in [0, 0.1) is 27.7 Å². The maximum absolute atomic E-state index is 14.0. The first kappa shape index (κ1) is 26.3. The van der Waals surface area contributed by atoms with Crippen LogP contribution in [0.2, 0.25) is 0 Å². The number of carbonyl (C=O) groups is 1. The third kappa shape index (κ3) is 5.85. The lowest BCUT2D eigenvalue weighted by molar-refractivity contribution is -0.114. The predicted octanol–water partition coefficient (Wildman–Crippen LogP) is 5.89. The molecule has 0 aromatic heterocycles. The van der Waals surface area contributed by atoms with E-state index in [9.17, 15) is 13.2 Å². The van der Waals surface area contributed by atoms with Crippen molar-refractivity contribution < 1.29 is 17.9 Å². The number of nitrogens with zero attached hydrogens (tertiary/aromatic N) is 1. The summed E-state index contributed by atoms with van der Waals surface area (Å²) in [7, 11) is -2.70. The summed E-state index contributed by atoms with van der Waals surface area (Å²) in [6.07, 6.45) is 0. The molecule has 3 aromatic carbocycles. The van der Waals surface area contributed by atoms with Crippen LogP contribution in [0.1, 0.15) is 47.6 Å². The van der Waals surface area contributed by atoms with Crippen LogP contribution in [0.5, 0.6) is 5.75 Å². The Hall–Kier alpha value is -3.32. The zero-order valence-corrected chi connectivity index (χ0v) is 22.3. The number of methoxy groups -OCH3 is 1. The average molecular weight is 495 g/mol. The molecule has 186 valence electrons. The number of para-hydroxylation sites is 1. The Bertz CT molecular complexity index is 1330. The first-order chi connectivity index (χ1) is 16.4. The highest BCUT2D eigenvalue weighted by atomic mass is 32.2. The van der Waals surface area contributed by atoms with Crippen LogP contribution in [-0.4, -0.2) is 28.0 Å². The molecule has 0 aliphatic carbocycles. The smallest absolute Gasteiger partial charge is 0.268 e. The molecule has 6 nitrogen and oxygen atoms in total. The van der Waals surface area contributed by atoms with Gasteiger partial charge in [-0.05, 0) is 85.7 Å². The van der Waals surface area contributed by atoms with Crippen molar-refractivity contribution in [3.63, 3.8) is 0 Å². The van der Waals surface area contributed by atoms with Crippen LogP contribution in [0.15, 0.2) is 59.5 Å². The van der Waals surface area contributed by atoms with Gasteiger partial charge in [0.1, 0.15) is 17.2 Å². The van der Waals surface area contributed by atoms with Gasteiger partial charge in [0.15, 0.2) is 0 Å². The molecular formula is C28H34N2O4S. The predicted molar refractivity (Wildman–Crippen MR) is 142 cm³/mol. The number of hydrogen-bond donors (Lipinski definition) is 1. The first-order valence-electron chi connectivity index (χ1n) is 11.6. The summed E-state index contributed by atoms with van der Waals surface area (Å²) in [4.78, 5) is 13.4. The Morgan fingerprint density at radius 2 is 1.60 bits per heavy atom. The van der Waals surface area contributed by atoms with Crippen molar-refractivity contribution in [2.75, 3.05) is 23.3 Å². The zero-order valence-electron chi connectivity index (χ0n) is 21.5. The highest BCUT2D eigenvalue weighted by Gasteiger charge is 2.31. The minimum Gasteiger partial charge on any atom is -0.495 e. The number of rotatable bonds is 8. The van der Waals surface area contributed by atoms with E-state index in [1.165, 1.54) is 7.11 Å². The maximum Gasteiger partial charge on any atom is 0.268 e. The van der Waals surface area contributed by atoms with Crippen LogP contribution in [-0.2, 0) is 14.8 Å². The molecule has 0 fully saturated rings. The van der Waals surface area contributed by atoms with E-state index >= 15 is 0 Å². The number of amides is 1. The van der Waals surface area contributed by atoms with E-state index in [0.29, 0.717) is 5.69 Å². The first-order valence-corrected chi connectivity index (χ1v) is 13.0. The van der Waals surface area contributed by atoms with Gasteiger partial charge in [-0.2, -0.15) is 0 Å². The van der Waals surface area contributed by atoms with Crippen LogP contribution < -0.4 is 14.4 Å². The molecule has 0 unspecified atom stereocenters. The van der Waals surface area contributed by atoms with Crippen LogP contribution in [0.3, 0.4) is 0 Å². The molecule has 0 heterocycles. The second kappa shape index (κ2) is 10.5. The number of anilines is 2. The van der Waals surface area contributed by atoms with E-state index in [-0.39, 0.29) is 23.1 Å². The van der Waals surface area contributed by atoms with Gasteiger partial charge in [-0.15, -0.1) is 0 Å². The van der Waals surface area contributed by atoms with Gasteiger partial charge in [0, 0.05) is 5.69 Å². The Labute approximate surface area is 209 Å². The highest BCUT2D eigenvalue weighted by Crippen LogP contribution is 2.32. The van der Waals surface area contributed by atoms with Crippen molar-refractivity contribution in [1.82, 2.24) is 0 Å². The number of nitrogens with one attached hydrogen (secondary N) is 1. The number of carbonyl (C=O) groups excluding carboxylic acids is 1. The van der Waals surface area contributed by atoms with E-state index in [2.05, 4.69) is 19.2 Å². The lowest BCUT2D eigenvalue weighted by atomic mass is 9.98. The molecule has 1 N–H and O–H groups in total. The standard InChI is InChI=1S/C28H34N2O4S/c1-18(2)24-10-8-9-22(6)28(24)29-27(31)17-30(23-14-20(4)13-21(5)15-23)35(32,33)26-16-19(3)11-12-25(26)34-7/h8-16,18H,17H2,1-7H3,(H,29,31). The second-order valence-corrected chi connectivity index (χ2v) is 11.1. The Morgan fingerprint density at radius 3 is 2.20 bits per heavy atom. The molecule has 0 saturated carbocycles. The molecule has 1 amide bonds. The van der Waals surface area contributed by atoms with Crippen LogP contribution in [0.25, 0.3) is 0 Å². The number of ether oxygens (including phenoxy) is 1. The third-order valence-electron chi connectivity index (χ3n) is 5.86. The van der Waals surface area contributed by atoms with Crippen molar-refractivity contribution in [3.8, 4) is 5.75 Å². The van der Waals surface area contributed by atoms with Gasteiger partial charge in [0.05, 0.1) is 12.8 Å². The van der Waals surface area contributed by atoms with Gasteiger partial charge < -0.3 is 10.1 Å². The summed E-state index contributed by atoms with van der Waals surface area (Å²) < 4.78 is 34.5. The van der Waals surface area contributed by atoms with Crippen LogP contribution >= 0.6 is 0 Å². The van der Waals surface area contributed by atoms with Gasteiger partial charge in [-0.3, -0.25) is 9.10 Å². The van der Waals surface area contributed by atoms with Crippen molar-refractivity contribution in [2.45, 2.75) is 52.4 Å². The van der Waals surface area contributed by atoms with E-state index < -0.39 is 15.9 Å². The van der Waals surface area contributed by atoms with Crippen molar-refractivity contribution in [3.05, 3.63) is 82.4 Å². The van der Waals surface area contributed by atoms with E-state index in [0.717, 1.165) is 37.8 Å². The Morgan fingerprint density at radius 1 is 0.943 bits per heavy atom. The number of benzene rings is 3. The summed E-state index contributed by atoms with van der Waals surface area (Å²) in [6, 6.07) is 16.4. The molecule has 0 aliphatic heterocycles. The molecule has 0 aliphatic rings. The number of hydrogen-bond acceptors (Lipinski definition) is 4. The van der Waals surface area contributed by atoms with Gasteiger partial charge in [-0.1, -0.05) is 44.2 Å². The van der Waals surface area contributed by atoms with Crippen molar-refractivity contribution >= 4 is 27.3 Å². The van der Waals surface area contributed by atoms with Gasteiger partial charge in [-0.25, -0.2) is 8.42 Å². The average Bonchev–Trinajstić information content (AvgIpc) is 2.77. The van der Waals surface area contributed by atoms with Gasteiger partial charge in [0.2, 0.25) is 5.91 Å². The normalized spacial score (nSPS) is 11.4. The lowest BCUT2D eigenvalue weighted by Crippen LogP contribution is -2.38. The molecule has 0 saturated heterocycles. The SMILES string of the molecule is COc1ccc(C)cc1S(=O)(=O)N(CC(=O)Nc1c(C)cccc1C(C)C)c1cc(C)cc(C)c1. The fraction of sp³-hybridized carbons (Fsp3) is 0.321. The minimum atomic E-state index is -4.13. The fourth-order valence-corrected chi connectivity index (χ4v) is 5.81.